The standard InChI is InChI=1S/C30H34N4O2S2/c1-4-6-11-21(5-2)18-34-29(36)25(38-30(34)37)17-24-27(31-26-20(3)10-9-15-33(26)28(24)35)32-16-14-22-12-7-8-13-23(22)19-32/h7-10,12-13,15,17,21H,4-6,11,14,16,18-19H2,1-3H3/b25-17+. The summed E-state index contributed by atoms with van der Waals surface area (Å²) < 4.78 is 2.15. The third-order valence-corrected chi connectivity index (χ3v) is 9.01. The Morgan fingerprint density at radius 2 is 1.92 bits per heavy atom. The van der Waals surface area contributed by atoms with Crippen LogP contribution in [-0.2, 0) is 17.8 Å². The van der Waals surface area contributed by atoms with E-state index in [-0.39, 0.29) is 11.5 Å². The van der Waals surface area contributed by atoms with Gasteiger partial charge >= 0.3 is 0 Å². The van der Waals surface area contributed by atoms with Gasteiger partial charge in [-0.1, -0.05) is 87.4 Å². The Balaban J connectivity index is 1.55. The molecule has 1 atom stereocenters. The van der Waals surface area contributed by atoms with Crippen LogP contribution in [0.15, 0.2) is 52.3 Å². The van der Waals surface area contributed by atoms with E-state index in [1.165, 1.54) is 22.9 Å². The van der Waals surface area contributed by atoms with Crippen LogP contribution in [0.3, 0.4) is 0 Å². The van der Waals surface area contributed by atoms with E-state index in [4.69, 9.17) is 17.2 Å². The highest BCUT2D eigenvalue weighted by Gasteiger charge is 2.34. The van der Waals surface area contributed by atoms with Gasteiger partial charge in [0.2, 0.25) is 0 Å². The number of fused-ring (bicyclic) bond motifs is 2. The molecule has 1 amide bonds. The van der Waals surface area contributed by atoms with Crippen LogP contribution >= 0.6 is 24.0 Å². The molecule has 3 aromatic rings. The summed E-state index contributed by atoms with van der Waals surface area (Å²) in [6.07, 6.45) is 8.72. The lowest BCUT2D eigenvalue weighted by molar-refractivity contribution is -0.122. The fourth-order valence-corrected chi connectivity index (χ4v) is 6.57. The van der Waals surface area contributed by atoms with Crippen LogP contribution in [0.4, 0.5) is 5.82 Å². The van der Waals surface area contributed by atoms with Crippen LogP contribution in [0.25, 0.3) is 11.7 Å². The SMILES string of the molecule is CCCCC(CC)CN1C(=O)/C(=C\c2c(N3CCc4ccccc4C3)nc3c(C)cccn3c2=O)SC1=S. The average Bonchev–Trinajstić information content (AvgIpc) is 3.19. The Kier molecular flexibility index (Phi) is 8.00. The van der Waals surface area contributed by atoms with Gasteiger partial charge in [0.1, 0.15) is 15.8 Å². The van der Waals surface area contributed by atoms with E-state index in [2.05, 4.69) is 36.9 Å². The summed E-state index contributed by atoms with van der Waals surface area (Å²) in [6, 6.07) is 12.2. The Morgan fingerprint density at radius 3 is 2.68 bits per heavy atom. The van der Waals surface area contributed by atoms with Crippen molar-refractivity contribution in [3.05, 3.63) is 80.1 Å². The van der Waals surface area contributed by atoms with Crippen LogP contribution in [-0.4, -0.2) is 37.6 Å². The van der Waals surface area contributed by atoms with Crippen LogP contribution in [0, 0.1) is 12.8 Å². The number of pyridine rings is 1. The number of hydrogen-bond acceptors (Lipinski definition) is 6. The number of thiocarbonyl (C=S) groups is 1. The maximum atomic E-state index is 13.9. The van der Waals surface area contributed by atoms with Crippen LogP contribution in [0.2, 0.25) is 0 Å². The molecule has 8 heteroatoms. The largest absolute Gasteiger partial charge is 0.351 e. The Hall–Kier alpha value is -2.97. The van der Waals surface area contributed by atoms with E-state index in [1.807, 2.05) is 25.1 Å². The van der Waals surface area contributed by atoms with Crippen LogP contribution < -0.4 is 10.5 Å². The van der Waals surface area contributed by atoms with E-state index in [1.54, 1.807) is 21.6 Å². The second-order valence-electron chi connectivity index (χ2n) is 10.2. The predicted molar refractivity (Wildman–Crippen MR) is 161 cm³/mol. The first-order valence-corrected chi connectivity index (χ1v) is 14.7. The lowest BCUT2D eigenvalue weighted by Crippen LogP contribution is -2.34. The minimum absolute atomic E-state index is 0.112. The third kappa shape index (κ3) is 5.16. The molecule has 0 N–H and O–H groups in total. The summed E-state index contributed by atoms with van der Waals surface area (Å²) in [4.78, 5) is 36.8. The molecule has 2 aliphatic rings. The number of amides is 1. The molecular weight excluding hydrogens is 512 g/mol. The number of aromatic nitrogens is 2. The van der Waals surface area contributed by atoms with E-state index >= 15 is 0 Å². The van der Waals surface area contributed by atoms with Gasteiger partial charge in [0.25, 0.3) is 11.5 Å². The third-order valence-electron chi connectivity index (χ3n) is 7.63. The van der Waals surface area contributed by atoms with Gasteiger partial charge < -0.3 is 4.90 Å². The second-order valence-corrected chi connectivity index (χ2v) is 11.9. The molecule has 1 fully saturated rings. The molecule has 5 rings (SSSR count). The molecule has 0 bridgehead atoms. The summed E-state index contributed by atoms with van der Waals surface area (Å²) >= 11 is 6.92. The van der Waals surface area contributed by atoms with Gasteiger partial charge in [-0.15, -0.1) is 0 Å². The minimum Gasteiger partial charge on any atom is -0.351 e. The first-order chi connectivity index (χ1) is 18.4. The van der Waals surface area contributed by atoms with Gasteiger partial charge in [0.15, 0.2) is 0 Å². The molecule has 1 unspecified atom stereocenters. The molecule has 4 heterocycles. The highest BCUT2D eigenvalue weighted by atomic mass is 32.2. The van der Waals surface area contributed by atoms with Crippen LogP contribution in [0.1, 0.15) is 61.8 Å². The summed E-state index contributed by atoms with van der Waals surface area (Å²) in [5.41, 5.74) is 4.39. The molecule has 0 saturated carbocycles. The van der Waals surface area contributed by atoms with E-state index < -0.39 is 0 Å². The maximum absolute atomic E-state index is 13.9. The number of hydrogen-bond donors (Lipinski definition) is 0. The van der Waals surface area contributed by atoms with Crippen molar-refractivity contribution in [2.75, 3.05) is 18.0 Å². The molecule has 0 spiro atoms. The van der Waals surface area contributed by atoms with Crippen molar-refractivity contribution in [1.82, 2.24) is 14.3 Å². The fourth-order valence-electron chi connectivity index (χ4n) is 5.31. The first kappa shape index (κ1) is 26.6. The quantitative estimate of drug-likeness (QED) is 0.256. The van der Waals surface area contributed by atoms with Gasteiger partial charge in [-0.3, -0.25) is 18.9 Å². The molecule has 198 valence electrons. The highest BCUT2D eigenvalue weighted by Crippen LogP contribution is 2.35. The van der Waals surface area contributed by atoms with Gasteiger partial charge in [-0.05, 0) is 54.5 Å². The number of carbonyl (C=O) groups is 1. The molecule has 0 aliphatic carbocycles. The summed E-state index contributed by atoms with van der Waals surface area (Å²) in [5.74, 6) is 0.925. The zero-order valence-electron chi connectivity index (χ0n) is 22.3. The second kappa shape index (κ2) is 11.4. The Bertz CT molecular complexity index is 1480. The first-order valence-electron chi connectivity index (χ1n) is 13.5. The van der Waals surface area contributed by atoms with E-state index in [0.717, 1.165) is 44.2 Å². The van der Waals surface area contributed by atoms with Crippen molar-refractivity contribution in [2.24, 2.45) is 5.92 Å². The number of benzene rings is 1. The molecule has 1 aromatic carbocycles. The summed E-state index contributed by atoms with van der Waals surface area (Å²) in [6.45, 7) is 8.36. The lowest BCUT2D eigenvalue weighted by atomic mass is 9.99. The lowest BCUT2D eigenvalue weighted by Gasteiger charge is -2.31. The number of anilines is 1. The normalized spacial score (nSPS) is 17.5. The molecule has 1 saturated heterocycles. The molecular formula is C30H34N4O2S2. The summed E-state index contributed by atoms with van der Waals surface area (Å²) in [7, 11) is 0. The number of carbonyl (C=O) groups excluding carboxylic acids is 1. The highest BCUT2D eigenvalue weighted by molar-refractivity contribution is 8.26. The Labute approximate surface area is 233 Å². The van der Waals surface area contributed by atoms with Gasteiger partial charge in [0, 0.05) is 25.8 Å². The van der Waals surface area contributed by atoms with Gasteiger partial charge in [-0.25, -0.2) is 4.98 Å². The summed E-state index contributed by atoms with van der Waals surface area (Å²) in [5, 5.41) is 0. The predicted octanol–water partition coefficient (Wildman–Crippen LogP) is 5.98. The monoisotopic (exact) mass is 546 g/mol. The molecule has 0 radical (unpaired) electrons. The zero-order chi connectivity index (χ0) is 26.8. The zero-order valence-corrected chi connectivity index (χ0v) is 23.9. The Morgan fingerprint density at radius 1 is 1.13 bits per heavy atom. The van der Waals surface area contributed by atoms with Gasteiger partial charge in [-0.2, -0.15) is 0 Å². The van der Waals surface area contributed by atoms with E-state index in [0.29, 0.717) is 45.3 Å². The van der Waals surface area contributed by atoms with Crippen molar-refractivity contribution in [3.8, 4) is 0 Å². The number of thioether (sulfide) groups is 1. The van der Waals surface area contributed by atoms with Crippen molar-refractivity contribution >= 4 is 51.7 Å². The van der Waals surface area contributed by atoms with Crippen molar-refractivity contribution in [2.45, 2.75) is 59.4 Å². The number of unbranched alkanes of at least 4 members (excludes halogenated alkanes) is 1. The maximum Gasteiger partial charge on any atom is 0.267 e. The molecule has 38 heavy (non-hydrogen) atoms. The number of aryl methyl sites for hydroxylation is 1. The molecule has 6 nitrogen and oxygen atoms in total. The van der Waals surface area contributed by atoms with E-state index in [9.17, 15) is 9.59 Å². The molecule has 2 aromatic heterocycles. The van der Waals surface area contributed by atoms with Crippen molar-refractivity contribution in [1.29, 1.82) is 0 Å². The number of nitrogens with zero attached hydrogens (tertiary/aromatic N) is 4. The van der Waals surface area contributed by atoms with Crippen LogP contribution in [0.5, 0.6) is 0 Å². The van der Waals surface area contributed by atoms with Crippen molar-refractivity contribution < 1.29 is 4.79 Å². The topological polar surface area (TPSA) is 57.9 Å². The average molecular weight is 547 g/mol. The minimum atomic E-state index is -0.174. The fraction of sp³-hybridized carbons (Fsp3) is 0.400. The molecule has 2 aliphatic heterocycles. The van der Waals surface area contributed by atoms with Gasteiger partial charge in [0.05, 0.1) is 10.5 Å². The smallest absolute Gasteiger partial charge is 0.267 e. The van der Waals surface area contributed by atoms with Crippen molar-refractivity contribution in [3.63, 3.8) is 0 Å². The number of rotatable bonds is 8.